The minimum Gasteiger partial charge on any atom is -0.316 e. The molecule has 14 heavy (non-hydrogen) atoms. The van der Waals surface area contributed by atoms with E-state index in [0.29, 0.717) is 16.0 Å². The van der Waals surface area contributed by atoms with Gasteiger partial charge in [-0.1, -0.05) is 29.3 Å². The summed E-state index contributed by atoms with van der Waals surface area (Å²) in [6, 6.07) is 5.91. The number of benzene rings is 1. The highest BCUT2D eigenvalue weighted by Gasteiger charge is 2.16. The van der Waals surface area contributed by atoms with Crippen LogP contribution in [0.3, 0.4) is 0 Å². The van der Waals surface area contributed by atoms with Gasteiger partial charge in [0.2, 0.25) is 0 Å². The first kappa shape index (κ1) is 12.1. The first-order valence-corrected chi connectivity index (χ1v) is 5.18. The van der Waals surface area contributed by atoms with Crippen LogP contribution in [-0.4, -0.2) is 13.1 Å². The molecule has 1 unspecified atom stereocenters. The second-order valence-corrected chi connectivity index (χ2v) is 4.18. The Morgan fingerprint density at radius 3 is 2.57 bits per heavy atom. The quantitative estimate of drug-likeness (QED) is 0.807. The SMILES string of the molecule is Cl.Clc1ccc(C2CCNC2)cc1Cl. The highest BCUT2D eigenvalue weighted by atomic mass is 35.5. The van der Waals surface area contributed by atoms with Gasteiger partial charge in [-0.25, -0.2) is 0 Å². The van der Waals surface area contributed by atoms with Crippen LogP contribution < -0.4 is 5.32 Å². The first-order chi connectivity index (χ1) is 6.27. The second kappa shape index (κ2) is 5.22. The molecule has 1 aromatic rings. The van der Waals surface area contributed by atoms with E-state index in [0.717, 1.165) is 13.1 Å². The average Bonchev–Trinajstić information content (AvgIpc) is 2.62. The predicted molar refractivity (Wildman–Crippen MR) is 63.9 cm³/mol. The number of nitrogens with one attached hydrogen (secondary N) is 1. The van der Waals surface area contributed by atoms with Crippen molar-refractivity contribution in [1.82, 2.24) is 5.32 Å². The molecule has 0 saturated carbocycles. The van der Waals surface area contributed by atoms with Crippen LogP contribution in [0, 0.1) is 0 Å². The molecule has 1 nitrogen and oxygen atoms in total. The maximum absolute atomic E-state index is 5.94. The summed E-state index contributed by atoms with van der Waals surface area (Å²) in [7, 11) is 0. The minimum absolute atomic E-state index is 0. The van der Waals surface area contributed by atoms with Crippen LogP contribution in [0.1, 0.15) is 17.9 Å². The summed E-state index contributed by atoms with van der Waals surface area (Å²) in [6.45, 7) is 2.16. The molecular formula is C10H12Cl3N. The molecule has 1 aliphatic rings. The molecule has 1 saturated heterocycles. The van der Waals surface area contributed by atoms with Gasteiger partial charge in [0.25, 0.3) is 0 Å². The van der Waals surface area contributed by atoms with Crippen LogP contribution in [-0.2, 0) is 0 Å². The largest absolute Gasteiger partial charge is 0.316 e. The predicted octanol–water partition coefficient (Wildman–Crippen LogP) is 3.49. The summed E-state index contributed by atoms with van der Waals surface area (Å²) >= 11 is 11.8. The van der Waals surface area contributed by atoms with Crippen LogP contribution in [0.5, 0.6) is 0 Å². The van der Waals surface area contributed by atoms with Crippen molar-refractivity contribution in [3.63, 3.8) is 0 Å². The van der Waals surface area contributed by atoms with Crippen molar-refractivity contribution in [3.8, 4) is 0 Å². The topological polar surface area (TPSA) is 12.0 Å². The zero-order valence-electron chi connectivity index (χ0n) is 7.59. The molecular weight excluding hydrogens is 240 g/mol. The molecule has 1 heterocycles. The van der Waals surface area contributed by atoms with E-state index in [2.05, 4.69) is 11.4 Å². The third-order valence-corrected chi connectivity index (χ3v) is 3.21. The minimum atomic E-state index is 0. The molecule has 0 bridgehead atoms. The fraction of sp³-hybridized carbons (Fsp3) is 0.400. The molecule has 1 atom stereocenters. The first-order valence-electron chi connectivity index (χ1n) is 4.43. The summed E-state index contributed by atoms with van der Waals surface area (Å²) in [6.07, 6.45) is 1.19. The zero-order chi connectivity index (χ0) is 9.26. The molecule has 0 aromatic heterocycles. The third kappa shape index (κ3) is 2.54. The summed E-state index contributed by atoms with van der Waals surface area (Å²) in [5.41, 5.74) is 1.29. The Labute approximate surface area is 100 Å². The van der Waals surface area contributed by atoms with Gasteiger partial charge in [-0.05, 0) is 36.6 Å². The van der Waals surface area contributed by atoms with Crippen molar-refractivity contribution < 1.29 is 0 Å². The lowest BCUT2D eigenvalue weighted by Gasteiger charge is -2.09. The Balaban J connectivity index is 0.000000980. The Kier molecular flexibility index (Phi) is 4.52. The van der Waals surface area contributed by atoms with Crippen LogP contribution in [0.25, 0.3) is 0 Å². The van der Waals surface area contributed by atoms with Crippen LogP contribution in [0.4, 0.5) is 0 Å². The molecule has 0 aliphatic carbocycles. The van der Waals surface area contributed by atoms with Gasteiger partial charge in [-0.3, -0.25) is 0 Å². The smallest absolute Gasteiger partial charge is 0.0595 e. The van der Waals surface area contributed by atoms with E-state index >= 15 is 0 Å². The number of hydrogen-bond donors (Lipinski definition) is 1. The van der Waals surface area contributed by atoms with Gasteiger partial charge in [0, 0.05) is 6.54 Å². The van der Waals surface area contributed by atoms with Gasteiger partial charge in [-0.2, -0.15) is 0 Å². The molecule has 1 N–H and O–H groups in total. The fourth-order valence-electron chi connectivity index (χ4n) is 1.71. The van der Waals surface area contributed by atoms with Crippen molar-refractivity contribution in [3.05, 3.63) is 33.8 Å². The third-order valence-electron chi connectivity index (χ3n) is 2.48. The molecule has 1 aliphatic heterocycles. The Morgan fingerprint density at radius 1 is 1.21 bits per heavy atom. The average molecular weight is 253 g/mol. The summed E-state index contributed by atoms with van der Waals surface area (Å²) in [4.78, 5) is 0. The Hall–Kier alpha value is 0.0500. The number of rotatable bonds is 1. The molecule has 1 fully saturated rings. The van der Waals surface area contributed by atoms with E-state index < -0.39 is 0 Å². The molecule has 1 aromatic carbocycles. The second-order valence-electron chi connectivity index (χ2n) is 3.36. The molecule has 78 valence electrons. The maximum atomic E-state index is 5.94. The number of halogens is 3. The van der Waals surface area contributed by atoms with Gasteiger partial charge in [0.15, 0.2) is 0 Å². The highest BCUT2D eigenvalue weighted by molar-refractivity contribution is 6.42. The molecule has 0 spiro atoms. The summed E-state index contributed by atoms with van der Waals surface area (Å²) < 4.78 is 0. The summed E-state index contributed by atoms with van der Waals surface area (Å²) in [5, 5.41) is 4.62. The van der Waals surface area contributed by atoms with Gasteiger partial charge in [0.1, 0.15) is 0 Å². The fourth-order valence-corrected chi connectivity index (χ4v) is 2.01. The number of hydrogen-bond acceptors (Lipinski definition) is 1. The molecule has 2 rings (SSSR count). The van der Waals surface area contributed by atoms with E-state index in [9.17, 15) is 0 Å². The van der Waals surface area contributed by atoms with Gasteiger partial charge < -0.3 is 5.32 Å². The lowest BCUT2D eigenvalue weighted by atomic mass is 9.99. The highest BCUT2D eigenvalue weighted by Crippen LogP contribution is 2.28. The lowest BCUT2D eigenvalue weighted by Crippen LogP contribution is -2.07. The van der Waals surface area contributed by atoms with E-state index in [1.807, 2.05) is 12.1 Å². The van der Waals surface area contributed by atoms with Crippen molar-refractivity contribution >= 4 is 35.6 Å². The summed E-state index contributed by atoms with van der Waals surface area (Å²) in [5.74, 6) is 0.606. The van der Waals surface area contributed by atoms with Crippen LogP contribution in [0.2, 0.25) is 10.0 Å². The van der Waals surface area contributed by atoms with Gasteiger partial charge in [0.05, 0.1) is 10.0 Å². The van der Waals surface area contributed by atoms with Crippen molar-refractivity contribution in [2.24, 2.45) is 0 Å². The monoisotopic (exact) mass is 251 g/mol. The van der Waals surface area contributed by atoms with E-state index in [1.165, 1.54) is 12.0 Å². The molecule has 0 radical (unpaired) electrons. The Bertz CT molecular complexity index is 308. The van der Waals surface area contributed by atoms with Gasteiger partial charge >= 0.3 is 0 Å². The Morgan fingerprint density at radius 2 is 2.00 bits per heavy atom. The van der Waals surface area contributed by atoms with E-state index in [1.54, 1.807) is 0 Å². The van der Waals surface area contributed by atoms with Crippen LogP contribution >= 0.6 is 35.6 Å². The van der Waals surface area contributed by atoms with Gasteiger partial charge in [-0.15, -0.1) is 12.4 Å². The van der Waals surface area contributed by atoms with E-state index in [-0.39, 0.29) is 12.4 Å². The van der Waals surface area contributed by atoms with Crippen molar-refractivity contribution in [2.45, 2.75) is 12.3 Å². The van der Waals surface area contributed by atoms with E-state index in [4.69, 9.17) is 23.2 Å². The zero-order valence-corrected chi connectivity index (χ0v) is 9.92. The van der Waals surface area contributed by atoms with Crippen molar-refractivity contribution in [2.75, 3.05) is 13.1 Å². The standard InChI is InChI=1S/C10H11Cl2N.ClH/c11-9-2-1-7(5-10(9)12)8-3-4-13-6-8;/h1-2,5,8,13H,3-4,6H2;1H. The normalized spacial score (nSPS) is 20.6. The molecule has 4 heteroatoms. The lowest BCUT2D eigenvalue weighted by molar-refractivity contribution is 0.763. The maximum Gasteiger partial charge on any atom is 0.0595 e. The molecule has 0 amide bonds. The van der Waals surface area contributed by atoms with Crippen molar-refractivity contribution in [1.29, 1.82) is 0 Å². The van der Waals surface area contributed by atoms with Crippen LogP contribution in [0.15, 0.2) is 18.2 Å².